The first-order valence-corrected chi connectivity index (χ1v) is 9.30. The lowest BCUT2D eigenvalue weighted by Gasteiger charge is -2.32. The molecular weight excluding hydrogens is 288 g/mol. The number of hydrogen-bond donors (Lipinski definition) is 2. The van der Waals surface area contributed by atoms with E-state index in [0.717, 1.165) is 19.4 Å². The summed E-state index contributed by atoms with van der Waals surface area (Å²) in [5, 5.41) is 3.43. The van der Waals surface area contributed by atoms with E-state index in [1.807, 2.05) is 25.9 Å². The van der Waals surface area contributed by atoms with E-state index in [1.54, 1.807) is 4.31 Å². The molecule has 1 aliphatic heterocycles. The highest BCUT2D eigenvalue weighted by Gasteiger charge is 2.28. The van der Waals surface area contributed by atoms with Gasteiger partial charge in [-0.05, 0) is 46.3 Å². The van der Waals surface area contributed by atoms with E-state index < -0.39 is 10.2 Å². The van der Waals surface area contributed by atoms with Crippen LogP contribution in [0.4, 0.5) is 0 Å². The molecule has 0 spiro atoms. The summed E-state index contributed by atoms with van der Waals surface area (Å²) in [7, 11) is 0.538. The molecular formula is C14H32N4O2S. The molecule has 0 bridgehead atoms. The Hall–Kier alpha value is -0.210. The minimum absolute atomic E-state index is 0.0784. The van der Waals surface area contributed by atoms with Gasteiger partial charge in [0.2, 0.25) is 0 Å². The van der Waals surface area contributed by atoms with Crippen LogP contribution in [0.15, 0.2) is 0 Å². The fourth-order valence-corrected chi connectivity index (χ4v) is 4.09. The number of likely N-dealkylation sites (N-methyl/N-ethyl adjacent to an activating group) is 1. The molecule has 2 N–H and O–H groups in total. The van der Waals surface area contributed by atoms with Gasteiger partial charge in [0, 0.05) is 31.7 Å². The Labute approximate surface area is 130 Å². The van der Waals surface area contributed by atoms with E-state index in [2.05, 4.69) is 23.9 Å². The molecule has 21 heavy (non-hydrogen) atoms. The van der Waals surface area contributed by atoms with E-state index in [1.165, 1.54) is 0 Å². The predicted octanol–water partition coefficient (Wildman–Crippen LogP) is 0.481. The molecule has 6 nitrogen and oxygen atoms in total. The van der Waals surface area contributed by atoms with E-state index in [0.29, 0.717) is 31.6 Å². The molecule has 0 aromatic carbocycles. The summed E-state index contributed by atoms with van der Waals surface area (Å²) in [4.78, 5) is 1.98. The van der Waals surface area contributed by atoms with Crippen molar-refractivity contribution in [1.29, 1.82) is 0 Å². The summed E-state index contributed by atoms with van der Waals surface area (Å²) in [6.45, 7) is 9.09. The lowest BCUT2D eigenvalue weighted by molar-refractivity contribution is 0.259. The highest BCUT2D eigenvalue weighted by Crippen LogP contribution is 2.18. The average Bonchev–Trinajstić information content (AvgIpc) is 2.35. The van der Waals surface area contributed by atoms with Crippen molar-refractivity contribution < 1.29 is 8.42 Å². The van der Waals surface area contributed by atoms with Gasteiger partial charge in [0.15, 0.2) is 0 Å². The first-order valence-electron chi connectivity index (χ1n) is 7.86. The van der Waals surface area contributed by atoms with E-state index >= 15 is 0 Å². The van der Waals surface area contributed by atoms with E-state index in [4.69, 9.17) is 0 Å². The Morgan fingerprint density at radius 1 is 1.19 bits per heavy atom. The third-order valence-electron chi connectivity index (χ3n) is 3.72. The lowest BCUT2D eigenvalue weighted by Crippen LogP contribution is -2.50. The smallest absolute Gasteiger partial charge is 0.279 e. The number of hydrogen-bond acceptors (Lipinski definition) is 4. The van der Waals surface area contributed by atoms with Gasteiger partial charge in [-0.2, -0.15) is 17.4 Å². The molecule has 1 aliphatic rings. The largest absolute Gasteiger partial charge is 0.314 e. The zero-order valence-corrected chi connectivity index (χ0v) is 14.9. The van der Waals surface area contributed by atoms with Crippen LogP contribution in [-0.4, -0.2) is 70.0 Å². The van der Waals surface area contributed by atoms with Crippen LogP contribution in [0, 0.1) is 5.92 Å². The molecule has 0 aliphatic carbocycles. The molecule has 1 saturated heterocycles. The number of piperidine rings is 1. The molecule has 1 fully saturated rings. The Kier molecular flexibility index (Phi) is 7.56. The van der Waals surface area contributed by atoms with Gasteiger partial charge in [-0.15, -0.1) is 0 Å². The van der Waals surface area contributed by atoms with Gasteiger partial charge >= 0.3 is 0 Å². The minimum atomic E-state index is -3.35. The summed E-state index contributed by atoms with van der Waals surface area (Å²) >= 11 is 0. The van der Waals surface area contributed by atoms with Crippen LogP contribution in [0.3, 0.4) is 0 Å². The molecule has 1 unspecified atom stereocenters. The quantitative estimate of drug-likeness (QED) is 0.683. The van der Waals surface area contributed by atoms with Crippen molar-refractivity contribution in [2.75, 3.05) is 40.3 Å². The normalized spacial score (nSPS) is 20.3. The molecule has 126 valence electrons. The van der Waals surface area contributed by atoms with Crippen LogP contribution >= 0.6 is 0 Å². The predicted molar refractivity (Wildman–Crippen MR) is 87.5 cm³/mol. The standard InChI is InChI=1S/C14H32N4O2S/c1-12(2)15-10-14-6-8-18(9-7-14)21(19,20)16-13(3)11-17(4)5/h12-16H,6-11H2,1-5H3. The second-order valence-corrected chi connectivity index (χ2v) is 8.39. The van der Waals surface area contributed by atoms with Crippen molar-refractivity contribution in [3.8, 4) is 0 Å². The monoisotopic (exact) mass is 320 g/mol. The van der Waals surface area contributed by atoms with Gasteiger partial charge in [-0.1, -0.05) is 13.8 Å². The summed E-state index contributed by atoms with van der Waals surface area (Å²) in [6, 6.07) is 0.408. The number of nitrogens with one attached hydrogen (secondary N) is 2. The maximum Gasteiger partial charge on any atom is 0.279 e. The second-order valence-electron chi connectivity index (χ2n) is 6.69. The van der Waals surface area contributed by atoms with Crippen LogP contribution < -0.4 is 10.0 Å². The molecule has 1 atom stereocenters. The van der Waals surface area contributed by atoms with Crippen LogP contribution in [0.5, 0.6) is 0 Å². The first kappa shape index (κ1) is 18.8. The Morgan fingerprint density at radius 3 is 2.24 bits per heavy atom. The number of rotatable bonds is 8. The Bertz CT molecular complexity index is 390. The summed E-state index contributed by atoms with van der Waals surface area (Å²) < 4.78 is 29.0. The first-order chi connectivity index (χ1) is 9.70. The SMILES string of the molecule is CC(C)NCC1CCN(S(=O)(=O)NC(C)CN(C)C)CC1. The number of nitrogens with zero attached hydrogens (tertiary/aromatic N) is 2. The fourth-order valence-electron chi connectivity index (χ4n) is 2.67. The summed E-state index contributed by atoms with van der Waals surface area (Å²) in [6.07, 6.45) is 1.87. The maximum atomic E-state index is 12.3. The van der Waals surface area contributed by atoms with Crippen LogP contribution in [0.25, 0.3) is 0 Å². The minimum Gasteiger partial charge on any atom is -0.314 e. The van der Waals surface area contributed by atoms with Gasteiger partial charge in [-0.3, -0.25) is 0 Å². The Balaban J connectivity index is 2.41. The van der Waals surface area contributed by atoms with Crippen molar-refractivity contribution in [3.05, 3.63) is 0 Å². The molecule has 1 rings (SSSR count). The zero-order valence-electron chi connectivity index (χ0n) is 14.1. The van der Waals surface area contributed by atoms with Crippen molar-refractivity contribution in [1.82, 2.24) is 19.2 Å². The zero-order chi connectivity index (χ0) is 16.0. The molecule has 0 aromatic rings. The van der Waals surface area contributed by atoms with Crippen molar-refractivity contribution >= 4 is 10.2 Å². The van der Waals surface area contributed by atoms with Gasteiger partial charge < -0.3 is 10.2 Å². The molecule has 7 heteroatoms. The molecule has 0 aromatic heterocycles. The lowest BCUT2D eigenvalue weighted by atomic mass is 9.98. The topological polar surface area (TPSA) is 64.7 Å². The highest BCUT2D eigenvalue weighted by molar-refractivity contribution is 7.87. The van der Waals surface area contributed by atoms with E-state index in [-0.39, 0.29) is 6.04 Å². The molecule has 0 amide bonds. The fraction of sp³-hybridized carbons (Fsp3) is 1.00. The van der Waals surface area contributed by atoms with Crippen LogP contribution in [0.2, 0.25) is 0 Å². The van der Waals surface area contributed by atoms with Gasteiger partial charge in [-0.25, -0.2) is 0 Å². The van der Waals surface area contributed by atoms with Crippen molar-refractivity contribution in [2.45, 2.75) is 45.7 Å². The summed E-state index contributed by atoms with van der Waals surface area (Å²) in [5.41, 5.74) is 0. The van der Waals surface area contributed by atoms with Crippen molar-refractivity contribution in [3.63, 3.8) is 0 Å². The average molecular weight is 321 g/mol. The third-order valence-corrected chi connectivity index (χ3v) is 5.46. The van der Waals surface area contributed by atoms with Gasteiger partial charge in [0.1, 0.15) is 0 Å². The van der Waals surface area contributed by atoms with Crippen LogP contribution in [-0.2, 0) is 10.2 Å². The van der Waals surface area contributed by atoms with Crippen LogP contribution in [0.1, 0.15) is 33.6 Å². The van der Waals surface area contributed by atoms with Crippen molar-refractivity contribution in [2.24, 2.45) is 5.92 Å². The second kappa shape index (κ2) is 8.43. The Morgan fingerprint density at radius 2 is 1.76 bits per heavy atom. The third kappa shape index (κ3) is 7.06. The molecule has 0 radical (unpaired) electrons. The van der Waals surface area contributed by atoms with Gasteiger partial charge in [0.25, 0.3) is 10.2 Å². The maximum absolute atomic E-state index is 12.3. The summed E-state index contributed by atoms with van der Waals surface area (Å²) in [5.74, 6) is 0.582. The molecule has 0 saturated carbocycles. The highest BCUT2D eigenvalue weighted by atomic mass is 32.2. The molecule has 1 heterocycles. The van der Waals surface area contributed by atoms with Gasteiger partial charge in [0.05, 0.1) is 0 Å². The van der Waals surface area contributed by atoms with E-state index in [9.17, 15) is 8.42 Å².